The molecule has 0 aromatic heterocycles. The normalized spacial score (nSPS) is 21.7. The van der Waals surface area contributed by atoms with Crippen LogP contribution in [0.15, 0.2) is 30.3 Å². The average Bonchev–Trinajstić information content (AvgIpc) is 2.91. The van der Waals surface area contributed by atoms with Crippen molar-refractivity contribution in [3.8, 4) is 0 Å². The van der Waals surface area contributed by atoms with Crippen LogP contribution >= 0.6 is 0 Å². The number of hydrogen-bond acceptors (Lipinski definition) is 3. The van der Waals surface area contributed by atoms with Crippen LogP contribution in [0.4, 0.5) is 0 Å². The van der Waals surface area contributed by atoms with Gasteiger partial charge in [-0.05, 0) is 31.4 Å². The molecule has 2 atom stereocenters. The fourth-order valence-electron chi connectivity index (χ4n) is 2.74. The molecule has 1 aromatic rings. The fourth-order valence-corrected chi connectivity index (χ4v) is 2.74. The lowest BCUT2D eigenvalue weighted by Crippen LogP contribution is -2.41. The third-order valence-electron chi connectivity index (χ3n) is 4.02. The van der Waals surface area contributed by atoms with E-state index in [4.69, 9.17) is 0 Å². The Kier molecular flexibility index (Phi) is 5.83. The van der Waals surface area contributed by atoms with E-state index in [0.717, 1.165) is 25.9 Å². The van der Waals surface area contributed by atoms with Gasteiger partial charge in [0.1, 0.15) is 0 Å². The molecule has 0 radical (unpaired) electrons. The summed E-state index contributed by atoms with van der Waals surface area (Å²) in [6, 6.07) is 11.5. The second kappa shape index (κ2) is 7.63. The third-order valence-corrected chi connectivity index (χ3v) is 4.02. The minimum Gasteiger partial charge on any atom is -0.395 e. The van der Waals surface area contributed by atoms with Crippen molar-refractivity contribution in [3.63, 3.8) is 0 Å². The fraction of sp³-hybridized carbons (Fsp3) is 0.625. The molecule has 3 nitrogen and oxygen atoms in total. The molecule has 0 saturated carbocycles. The first-order valence-electron chi connectivity index (χ1n) is 7.45. The second-order valence-electron chi connectivity index (χ2n) is 5.48. The van der Waals surface area contributed by atoms with Gasteiger partial charge in [-0.15, -0.1) is 0 Å². The van der Waals surface area contributed by atoms with Gasteiger partial charge >= 0.3 is 0 Å². The lowest BCUT2D eigenvalue weighted by atomic mass is 10.1. The van der Waals surface area contributed by atoms with Crippen molar-refractivity contribution in [2.75, 3.05) is 26.2 Å². The minimum atomic E-state index is 0.247. The van der Waals surface area contributed by atoms with Crippen LogP contribution in [-0.4, -0.2) is 48.3 Å². The third kappa shape index (κ3) is 4.60. The molecule has 106 valence electrons. The molecule has 3 heteroatoms. The van der Waals surface area contributed by atoms with Crippen molar-refractivity contribution in [2.24, 2.45) is 0 Å². The largest absolute Gasteiger partial charge is 0.395 e. The SMILES string of the molecule is CCC(CO)NC1CCN(CCc2ccccc2)C1. The van der Waals surface area contributed by atoms with Crippen molar-refractivity contribution in [3.05, 3.63) is 35.9 Å². The molecule has 0 spiro atoms. The summed E-state index contributed by atoms with van der Waals surface area (Å²) in [5.41, 5.74) is 1.42. The summed E-state index contributed by atoms with van der Waals surface area (Å²) in [5, 5.41) is 12.8. The molecular weight excluding hydrogens is 236 g/mol. The smallest absolute Gasteiger partial charge is 0.0584 e. The van der Waals surface area contributed by atoms with Gasteiger partial charge in [0, 0.05) is 25.2 Å². The molecule has 0 bridgehead atoms. The molecule has 1 aliphatic rings. The van der Waals surface area contributed by atoms with Gasteiger partial charge in [0.15, 0.2) is 0 Å². The Morgan fingerprint density at radius 2 is 2.16 bits per heavy atom. The standard InChI is InChI=1S/C16H26N2O/c1-2-15(13-19)17-16-9-11-18(12-16)10-8-14-6-4-3-5-7-14/h3-7,15-17,19H,2,8-13H2,1H3. The zero-order valence-corrected chi connectivity index (χ0v) is 11.9. The van der Waals surface area contributed by atoms with Crippen molar-refractivity contribution in [1.82, 2.24) is 10.2 Å². The van der Waals surface area contributed by atoms with Gasteiger partial charge in [-0.1, -0.05) is 37.3 Å². The van der Waals surface area contributed by atoms with Gasteiger partial charge in [0.25, 0.3) is 0 Å². The molecule has 1 fully saturated rings. The molecule has 2 rings (SSSR count). The van der Waals surface area contributed by atoms with E-state index >= 15 is 0 Å². The van der Waals surface area contributed by atoms with Crippen molar-refractivity contribution in [1.29, 1.82) is 0 Å². The van der Waals surface area contributed by atoms with Gasteiger partial charge in [-0.3, -0.25) is 0 Å². The summed E-state index contributed by atoms with van der Waals surface area (Å²) in [6.07, 6.45) is 3.33. The minimum absolute atomic E-state index is 0.247. The lowest BCUT2D eigenvalue weighted by Gasteiger charge is -2.21. The topological polar surface area (TPSA) is 35.5 Å². The van der Waals surface area contributed by atoms with Crippen LogP contribution in [0.2, 0.25) is 0 Å². The summed E-state index contributed by atoms with van der Waals surface area (Å²) in [7, 11) is 0. The van der Waals surface area contributed by atoms with Crippen LogP contribution in [0, 0.1) is 0 Å². The zero-order valence-electron chi connectivity index (χ0n) is 11.9. The average molecular weight is 262 g/mol. The van der Waals surface area contributed by atoms with E-state index in [1.165, 1.54) is 18.5 Å². The van der Waals surface area contributed by atoms with E-state index in [9.17, 15) is 5.11 Å². The lowest BCUT2D eigenvalue weighted by molar-refractivity contribution is 0.225. The number of nitrogens with zero attached hydrogens (tertiary/aromatic N) is 1. The molecule has 1 saturated heterocycles. The van der Waals surface area contributed by atoms with Crippen molar-refractivity contribution >= 4 is 0 Å². The van der Waals surface area contributed by atoms with E-state index in [1.54, 1.807) is 0 Å². The first kappa shape index (κ1) is 14.5. The molecule has 0 aliphatic carbocycles. The van der Waals surface area contributed by atoms with Gasteiger partial charge in [-0.25, -0.2) is 0 Å². The molecular formula is C16H26N2O. The summed E-state index contributed by atoms with van der Waals surface area (Å²) in [6.45, 7) is 5.79. The Morgan fingerprint density at radius 1 is 1.37 bits per heavy atom. The maximum atomic E-state index is 9.23. The van der Waals surface area contributed by atoms with Crippen LogP contribution in [0.3, 0.4) is 0 Å². The van der Waals surface area contributed by atoms with Crippen LogP contribution in [0.5, 0.6) is 0 Å². The van der Waals surface area contributed by atoms with Crippen molar-refractivity contribution in [2.45, 2.75) is 38.3 Å². The van der Waals surface area contributed by atoms with E-state index in [0.29, 0.717) is 6.04 Å². The molecule has 1 heterocycles. The van der Waals surface area contributed by atoms with Crippen LogP contribution < -0.4 is 5.32 Å². The maximum Gasteiger partial charge on any atom is 0.0584 e. The number of likely N-dealkylation sites (tertiary alicyclic amines) is 1. The first-order chi connectivity index (χ1) is 9.31. The number of aliphatic hydroxyl groups is 1. The predicted molar refractivity (Wildman–Crippen MR) is 79.3 cm³/mol. The molecule has 1 aromatic carbocycles. The molecule has 1 aliphatic heterocycles. The Labute approximate surface area is 116 Å². The number of aliphatic hydroxyl groups excluding tert-OH is 1. The first-order valence-corrected chi connectivity index (χ1v) is 7.45. The van der Waals surface area contributed by atoms with E-state index in [-0.39, 0.29) is 12.6 Å². The van der Waals surface area contributed by atoms with Crippen molar-refractivity contribution < 1.29 is 5.11 Å². The second-order valence-corrected chi connectivity index (χ2v) is 5.48. The Hall–Kier alpha value is -0.900. The summed E-state index contributed by atoms with van der Waals surface area (Å²) >= 11 is 0. The zero-order chi connectivity index (χ0) is 13.5. The quantitative estimate of drug-likeness (QED) is 0.784. The summed E-state index contributed by atoms with van der Waals surface area (Å²) < 4.78 is 0. The summed E-state index contributed by atoms with van der Waals surface area (Å²) in [5.74, 6) is 0. The molecule has 19 heavy (non-hydrogen) atoms. The molecule has 2 N–H and O–H groups in total. The number of hydrogen-bond donors (Lipinski definition) is 2. The Bertz CT molecular complexity index is 351. The highest BCUT2D eigenvalue weighted by molar-refractivity contribution is 5.14. The molecule has 2 unspecified atom stereocenters. The van der Waals surface area contributed by atoms with Gasteiger partial charge < -0.3 is 15.3 Å². The Balaban J connectivity index is 1.70. The monoisotopic (exact) mass is 262 g/mol. The number of rotatable bonds is 7. The highest BCUT2D eigenvalue weighted by Gasteiger charge is 2.23. The Morgan fingerprint density at radius 3 is 2.84 bits per heavy atom. The van der Waals surface area contributed by atoms with E-state index in [2.05, 4.69) is 47.5 Å². The van der Waals surface area contributed by atoms with Crippen LogP contribution in [0.25, 0.3) is 0 Å². The highest BCUT2D eigenvalue weighted by atomic mass is 16.3. The highest BCUT2D eigenvalue weighted by Crippen LogP contribution is 2.11. The van der Waals surface area contributed by atoms with Gasteiger partial charge in [-0.2, -0.15) is 0 Å². The number of benzene rings is 1. The van der Waals surface area contributed by atoms with E-state index < -0.39 is 0 Å². The van der Waals surface area contributed by atoms with Gasteiger partial charge in [0.2, 0.25) is 0 Å². The maximum absolute atomic E-state index is 9.23. The van der Waals surface area contributed by atoms with Crippen LogP contribution in [0.1, 0.15) is 25.3 Å². The van der Waals surface area contributed by atoms with Crippen LogP contribution in [-0.2, 0) is 6.42 Å². The summed E-state index contributed by atoms with van der Waals surface area (Å²) in [4.78, 5) is 2.52. The predicted octanol–water partition coefficient (Wildman–Crippen LogP) is 1.66. The number of nitrogens with one attached hydrogen (secondary N) is 1. The van der Waals surface area contributed by atoms with E-state index in [1.807, 2.05) is 0 Å². The van der Waals surface area contributed by atoms with Gasteiger partial charge in [0.05, 0.1) is 6.61 Å². The molecule has 0 amide bonds.